The van der Waals surface area contributed by atoms with Gasteiger partial charge in [-0.1, -0.05) is 6.92 Å². The molecule has 1 aromatic carbocycles. The summed E-state index contributed by atoms with van der Waals surface area (Å²) < 4.78 is 13.1. The minimum Gasteiger partial charge on any atom is -0.480 e. The van der Waals surface area contributed by atoms with E-state index in [9.17, 15) is 19.3 Å². The highest BCUT2D eigenvalue weighted by molar-refractivity contribution is 5.78. The Bertz CT molecular complexity index is 507. The monoisotopic (exact) mass is 270 g/mol. The molecule has 0 spiro atoms. The second-order valence-electron chi connectivity index (χ2n) is 4.37. The van der Waals surface area contributed by atoms with Gasteiger partial charge in [0.2, 0.25) is 0 Å². The Labute approximate surface area is 109 Å². The molecule has 0 radical (unpaired) electrons. The topological polar surface area (TPSA) is 92.5 Å². The Kier molecular flexibility index (Phi) is 4.55. The van der Waals surface area contributed by atoms with Crippen LogP contribution < -0.4 is 5.32 Å². The Morgan fingerprint density at radius 3 is 2.68 bits per heavy atom. The van der Waals surface area contributed by atoms with Crippen LogP contribution in [0.2, 0.25) is 0 Å². The number of carboxylic acids is 1. The molecule has 104 valence electrons. The smallest absolute Gasteiger partial charge is 0.323 e. The maximum atomic E-state index is 13.1. The number of benzene rings is 1. The van der Waals surface area contributed by atoms with Crippen molar-refractivity contribution in [2.24, 2.45) is 0 Å². The molecule has 1 atom stereocenters. The minimum atomic E-state index is -1.21. The molecular weight excluding hydrogens is 255 g/mol. The highest BCUT2D eigenvalue weighted by Gasteiger charge is 2.31. The van der Waals surface area contributed by atoms with E-state index in [1.807, 2.05) is 0 Å². The Hall–Kier alpha value is -2.02. The average Bonchev–Trinajstić information content (AvgIpc) is 2.35. The Morgan fingerprint density at radius 1 is 1.58 bits per heavy atom. The molecule has 0 heterocycles. The summed E-state index contributed by atoms with van der Waals surface area (Å²) in [4.78, 5) is 21.3. The van der Waals surface area contributed by atoms with Crippen molar-refractivity contribution in [3.8, 4) is 0 Å². The molecule has 0 aliphatic heterocycles. The summed E-state index contributed by atoms with van der Waals surface area (Å²) in [6.45, 7) is 3.06. The van der Waals surface area contributed by atoms with Crippen LogP contribution >= 0.6 is 0 Å². The number of aliphatic carboxylic acids is 1. The fourth-order valence-corrected chi connectivity index (χ4v) is 1.52. The van der Waals surface area contributed by atoms with E-state index < -0.39 is 22.2 Å². The fourth-order valence-electron chi connectivity index (χ4n) is 1.52. The van der Waals surface area contributed by atoms with Gasteiger partial charge in [0.15, 0.2) is 0 Å². The predicted octanol–water partition coefficient (Wildman–Crippen LogP) is 2.08. The standard InChI is InChI=1S/C12H15FN2O4/c1-3-12(2,11(16)17)14-7-8-6-9(13)4-5-10(8)15(18)19/h4-6,14H,3,7H2,1-2H3,(H,16,17). The van der Waals surface area contributed by atoms with Crippen LogP contribution in [0.25, 0.3) is 0 Å². The molecule has 2 N–H and O–H groups in total. The second-order valence-corrected chi connectivity index (χ2v) is 4.37. The van der Waals surface area contributed by atoms with E-state index in [4.69, 9.17) is 5.11 Å². The molecule has 7 heteroatoms. The van der Waals surface area contributed by atoms with E-state index in [0.29, 0.717) is 6.42 Å². The van der Waals surface area contributed by atoms with Crippen LogP contribution in [-0.2, 0) is 11.3 Å². The molecule has 0 amide bonds. The summed E-state index contributed by atoms with van der Waals surface area (Å²) in [5.74, 6) is -1.66. The molecule has 0 fully saturated rings. The number of hydrogen-bond donors (Lipinski definition) is 2. The van der Waals surface area contributed by atoms with Crippen molar-refractivity contribution in [2.75, 3.05) is 0 Å². The first-order valence-corrected chi connectivity index (χ1v) is 5.71. The maximum Gasteiger partial charge on any atom is 0.323 e. The third-order valence-corrected chi connectivity index (χ3v) is 3.09. The van der Waals surface area contributed by atoms with Crippen molar-refractivity contribution in [1.82, 2.24) is 5.32 Å². The molecule has 0 saturated carbocycles. The van der Waals surface area contributed by atoms with Gasteiger partial charge in [0.25, 0.3) is 5.69 Å². The lowest BCUT2D eigenvalue weighted by atomic mass is 9.98. The van der Waals surface area contributed by atoms with Gasteiger partial charge in [-0.25, -0.2) is 4.39 Å². The van der Waals surface area contributed by atoms with Crippen molar-refractivity contribution in [2.45, 2.75) is 32.4 Å². The van der Waals surface area contributed by atoms with Gasteiger partial charge < -0.3 is 5.11 Å². The third kappa shape index (κ3) is 3.47. The molecule has 1 aromatic rings. The zero-order chi connectivity index (χ0) is 14.6. The molecule has 19 heavy (non-hydrogen) atoms. The van der Waals surface area contributed by atoms with Crippen LogP contribution in [-0.4, -0.2) is 21.5 Å². The van der Waals surface area contributed by atoms with Crippen LogP contribution in [0.15, 0.2) is 18.2 Å². The first-order valence-electron chi connectivity index (χ1n) is 5.71. The lowest BCUT2D eigenvalue weighted by Gasteiger charge is -2.24. The van der Waals surface area contributed by atoms with Crippen molar-refractivity contribution >= 4 is 11.7 Å². The SMILES string of the molecule is CCC(C)(NCc1cc(F)ccc1[N+](=O)[O-])C(=O)O. The molecule has 0 aromatic heterocycles. The van der Waals surface area contributed by atoms with Gasteiger partial charge in [0.1, 0.15) is 11.4 Å². The average molecular weight is 270 g/mol. The molecule has 1 unspecified atom stereocenters. The van der Waals surface area contributed by atoms with Crippen LogP contribution in [0.3, 0.4) is 0 Å². The minimum absolute atomic E-state index is 0.0925. The molecule has 0 saturated heterocycles. The van der Waals surface area contributed by atoms with E-state index in [1.165, 1.54) is 6.92 Å². The number of halogens is 1. The van der Waals surface area contributed by atoms with Gasteiger partial charge in [-0.2, -0.15) is 0 Å². The number of rotatable bonds is 6. The Balaban J connectivity index is 2.97. The molecule has 0 bridgehead atoms. The van der Waals surface area contributed by atoms with Gasteiger partial charge in [-0.05, 0) is 25.5 Å². The van der Waals surface area contributed by atoms with Crippen LogP contribution in [0.5, 0.6) is 0 Å². The van der Waals surface area contributed by atoms with E-state index >= 15 is 0 Å². The van der Waals surface area contributed by atoms with Crippen molar-refractivity contribution in [1.29, 1.82) is 0 Å². The summed E-state index contributed by atoms with van der Waals surface area (Å²) in [7, 11) is 0. The normalized spacial score (nSPS) is 13.8. The molecular formula is C12H15FN2O4. The van der Waals surface area contributed by atoms with E-state index in [0.717, 1.165) is 18.2 Å². The summed E-state index contributed by atoms with van der Waals surface area (Å²) in [5.41, 5.74) is -1.33. The van der Waals surface area contributed by atoms with E-state index in [2.05, 4.69) is 5.32 Å². The predicted molar refractivity (Wildman–Crippen MR) is 66.2 cm³/mol. The number of nitrogens with one attached hydrogen (secondary N) is 1. The summed E-state index contributed by atoms with van der Waals surface area (Å²) in [6, 6.07) is 3.09. The van der Waals surface area contributed by atoms with Crippen molar-refractivity contribution < 1.29 is 19.2 Å². The quantitative estimate of drug-likeness (QED) is 0.609. The first kappa shape index (κ1) is 15.0. The van der Waals surface area contributed by atoms with Crippen molar-refractivity contribution in [3.63, 3.8) is 0 Å². The molecule has 0 aliphatic carbocycles. The summed E-state index contributed by atoms with van der Waals surface area (Å²) >= 11 is 0. The number of nitro groups is 1. The highest BCUT2D eigenvalue weighted by atomic mass is 19.1. The second kappa shape index (κ2) is 5.75. The zero-order valence-corrected chi connectivity index (χ0v) is 10.6. The fraction of sp³-hybridized carbons (Fsp3) is 0.417. The largest absolute Gasteiger partial charge is 0.480 e. The van der Waals surface area contributed by atoms with Crippen molar-refractivity contribution in [3.05, 3.63) is 39.7 Å². The van der Waals surface area contributed by atoms with E-state index in [-0.39, 0.29) is 17.8 Å². The highest BCUT2D eigenvalue weighted by Crippen LogP contribution is 2.21. The van der Waals surface area contributed by atoms with Crippen LogP contribution in [0.4, 0.5) is 10.1 Å². The molecule has 6 nitrogen and oxygen atoms in total. The first-order chi connectivity index (χ1) is 8.80. The van der Waals surface area contributed by atoms with Gasteiger partial charge in [0, 0.05) is 18.2 Å². The van der Waals surface area contributed by atoms with Gasteiger partial charge >= 0.3 is 5.97 Å². The van der Waals surface area contributed by atoms with Gasteiger partial charge in [-0.15, -0.1) is 0 Å². The van der Waals surface area contributed by atoms with E-state index in [1.54, 1.807) is 6.92 Å². The lowest BCUT2D eigenvalue weighted by Crippen LogP contribution is -2.48. The Morgan fingerprint density at radius 2 is 2.21 bits per heavy atom. The number of carbonyl (C=O) groups is 1. The number of carboxylic acid groups (broad SMARTS) is 1. The van der Waals surface area contributed by atoms with Gasteiger partial charge in [0.05, 0.1) is 4.92 Å². The van der Waals surface area contributed by atoms with Crippen LogP contribution in [0.1, 0.15) is 25.8 Å². The lowest BCUT2D eigenvalue weighted by molar-refractivity contribution is -0.385. The number of nitro benzene ring substituents is 1. The number of nitrogens with zero attached hydrogens (tertiary/aromatic N) is 1. The molecule has 0 aliphatic rings. The maximum absolute atomic E-state index is 13.1. The molecule has 1 rings (SSSR count). The summed E-state index contributed by atoms with van der Waals surface area (Å²) in [5, 5.41) is 22.6. The summed E-state index contributed by atoms with van der Waals surface area (Å²) in [6.07, 6.45) is 0.297. The number of hydrogen-bond acceptors (Lipinski definition) is 4. The van der Waals surface area contributed by atoms with Gasteiger partial charge in [-0.3, -0.25) is 20.2 Å². The van der Waals surface area contributed by atoms with Crippen LogP contribution in [0, 0.1) is 15.9 Å². The third-order valence-electron chi connectivity index (χ3n) is 3.09. The zero-order valence-electron chi connectivity index (χ0n) is 10.6.